The van der Waals surface area contributed by atoms with E-state index in [1.54, 1.807) is 4.90 Å². The number of carboxylic acid groups (broad SMARTS) is 1. The molecule has 1 heterocycles. The molecule has 112 valence electrons. The van der Waals surface area contributed by atoms with Gasteiger partial charge in [-0.15, -0.1) is 11.3 Å². The van der Waals surface area contributed by atoms with Gasteiger partial charge >= 0.3 is 5.97 Å². The maximum absolute atomic E-state index is 11.9. The third-order valence-corrected chi connectivity index (χ3v) is 3.82. The molecule has 0 fully saturated rings. The van der Waals surface area contributed by atoms with Crippen molar-refractivity contribution in [2.24, 2.45) is 0 Å². The molecule has 0 saturated heterocycles. The van der Waals surface area contributed by atoms with E-state index in [-0.39, 0.29) is 25.0 Å². The molecule has 0 unspecified atom stereocenters. The molecule has 0 bridgehead atoms. The lowest BCUT2D eigenvalue weighted by atomic mass is 10.3. The van der Waals surface area contributed by atoms with Gasteiger partial charge in [0, 0.05) is 10.9 Å². The normalized spacial score (nSPS) is 11.1. The zero-order chi connectivity index (χ0) is 15.3. The molecule has 0 aliphatic carbocycles. The first-order valence-corrected chi connectivity index (χ1v) is 7.37. The van der Waals surface area contributed by atoms with E-state index in [1.165, 1.54) is 11.3 Å². The summed E-state index contributed by atoms with van der Waals surface area (Å²) in [7, 11) is 0. The molecule has 20 heavy (non-hydrogen) atoms. The zero-order valence-corrected chi connectivity index (χ0v) is 13.1. The molecule has 0 aliphatic rings. The maximum atomic E-state index is 11.9. The monoisotopic (exact) mass is 299 g/mol. The van der Waals surface area contributed by atoms with Crippen LogP contribution in [-0.2, 0) is 16.0 Å². The quantitative estimate of drug-likeness (QED) is 0.801. The third-order valence-electron chi connectivity index (χ3n) is 2.89. The summed E-state index contributed by atoms with van der Waals surface area (Å²) in [5.74, 6) is -1.18. The molecule has 1 aromatic heterocycles. The molecule has 0 aliphatic heterocycles. The van der Waals surface area contributed by atoms with Crippen LogP contribution in [0.15, 0.2) is 0 Å². The number of anilines is 1. The summed E-state index contributed by atoms with van der Waals surface area (Å²) in [5.41, 5.74) is 0.983. The van der Waals surface area contributed by atoms with Crippen molar-refractivity contribution < 1.29 is 14.7 Å². The van der Waals surface area contributed by atoms with Crippen LogP contribution >= 0.6 is 11.3 Å². The van der Waals surface area contributed by atoms with Crippen LogP contribution < -0.4 is 5.32 Å². The van der Waals surface area contributed by atoms with E-state index in [2.05, 4.69) is 10.3 Å². The lowest BCUT2D eigenvalue weighted by Gasteiger charge is -2.23. The van der Waals surface area contributed by atoms with Crippen LogP contribution in [0.3, 0.4) is 0 Å². The number of nitrogens with one attached hydrogen (secondary N) is 1. The van der Waals surface area contributed by atoms with Crippen molar-refractivity contribution in [3.05, 3.63) is 10.6 Å². The van der Waals surface area contributed by atoms with Gasteiger partial charge in [0.1, 0.15) is 0 Å². The van der Waals surface area contributed by atoms with E-state index in [0.29, 0.717) is 5.13 Å². The van der Waals surface area contributed by atoms with Gasteiger partial charge in [0.15, 0.2) is 5.13 Å². The number of hydrogen-bond acceptors (Lipinski definition) is 5. The van der Waals surface area contributed by atoms with Crippen LogP contribution in [-0.4, -0.2) is 46.0 Å². The number of aromatic nitrogens is 1. The number of nitrogens with zero attached hydrogens (tertiary/aromatic N) is 2. The minimum atomic E-state index is -0.940. The fourth-order valence-corrected chi connectivity index (χ4v) is 2.67. The Bertz CT molecular complexity index is 485. The Morgan fingerprint density at radius 3 is 2.50 bits per heavy atom. The Morgan fingerprint density at radius 2 is 2.05 bits per heavy atom. The Hall–Kier alpha value is -1.47. The molecule has 0 atom stereocenters. The summed E-state index contributed by atoms with van der Waals surface area (Å²) < 4.78 is 0. The topological polar surface area (TPSA) is 82.5 Å². The summed E-state index contributed by atoms with van der Waals surface area (Å²) in [4.78, 5) is 29.7. The van der Waals surface area contributed by atoms with Gasteiger partial charge < -0.3 is 10.4 Å². The summed E-state index contributed by atoms with van der Waals surface area (Å²) >= 11 is 1.44. The fourth-order valence-electron chi connectivity index (χ4n) is 1.75. The van der Waals surface area contributed by atoms with Crippen molar-refractivity contribution in [2.75, 3.05) is 18.4 Å². The van der Waals surface area contributed by atoms with Gasteiger partial charge in [-0.1, -0.05) is 6.92 Å². The molecular formula is C13H21N3O3S. The molecule has 1 aromatic rings. The van der Waals surface area contributed by atoms with Crippen LogP contribution in [0.5, 0.6) is 0 Å². The summed E-state index contributed by atoms with van der Waals surface area (Å²) in [5, 5.41) is 12.1. The van der Waals surface area contributed by atoms with Gasteiger partial charge in [-0.3, -0.25) is 14.5 Å². The number of hydrogen-bond donors (Lipinski definition) is 2. The second kappa shape index (κ2) is 7.35. The predicted molar refractivity (Wildman–Crippen MR) is 79.2 cm³/mol. The highest BCUT2D eigenvalue weighted by Crippen LogP contribution is 2.22. The largest absolute Gasteiger partial charge is 0.480 e. The first kappa shape index (κ1) is 16.6. The number of rotatable bonds is 7. The van der Waals surface area contributed by atoms with Gasteiger partial charge in [-0.2, -0.15) is 0 Å². The second-order valence-corrected chi connectivity index (χ2v) is 6.02. The molecule has 2 N–H and O–H groups in total. The second-order valence-electron chi connectivity index (χ2n) is 4.82. The first-order valence-electron chi connectivity index (χ1n) is 6.55. The van der Waals surface area contributed by atoms with E-state index in [1.807, 2.05) is 27.7 Å². The van der Waals surface area contributed by atoms with Crippen LogP contribution in [0, 0.1) is 6.92 Å². The van der Waals surface area contributed by atoms with Crippen LogP contribution in [0.2, 0.25) is 0 Å². The first-order chi connectivity index (χ1) is 9.33. The maximum Gasteiger partial charge on any atom is 0.317 e. The van der Waals surface area contributed by atoms with Crippen LogP contribution in [0.1, 0.15) is 31.3 Å². The lowest BCUT2D eigenvalue weighted by molar-refractivity contribution is -0.139. The number of carbonyl (C=O) groups is 2. The third kappa shape index (κ3) is 4.90. The number of aryl methyl sites for hydroxylation is 2. The molecule has 0 saturated carbocycles. The molecule has 6 nitrogen and oxygen atoms in total. The van der Waals surface area contributed by atoms with Crippen molar-refractivity contribution in [2.45, 2.75) is 40.2 Å². The fraction of sp³-hybridized carbons (Fsp3) is 0.615. The van der Waals surface area contributed by atoms with Gasteiger partial charge in [0.05, 0.1) is 18.8 Å². The van der Waals surface area contributed by atoms with Crippen molar-refractivity contribution in [1.82, 2.24) is 9.88 Å². The van der Waals surface area contributed by atoms with E-state index in [9.17, 15) is 9.59 Å². The average Bonchev–Trinajstić information content (AvgIpc) is 2.67. The van der Waals surface area contributed by atoms with Gasteiger partial charge in [-0.25, -0.2) is 4.98 Å². The number of aliphatic carboxylic acids is 1. The van der Waals surface area contributed by atoms with Crippen molar-refractivity contribution in [3.63, 3.8) is 0 Å². The average molecular weight is 299 g/mol. The highest BCUT2D eigenvalue weighted by atomic mass is 32.1. The summed E-state index contributed by atoms with van der Waals surface area (Å²) in [6, 6.07) is -0.0129. The number of carbonyl (C=O) groups excluding carboxylic acids is 1. The van der Waals surface area contributed by atoms with Crippen molar-refractivity contribution in [1.29, 1.82) is 0 Å². The number of amides is 1. The van der Waals surface area contributed by atoms with Gasteiger partial charge in [-0.05, 0) is 27.2 Å². The number of carboxylic acids is 1. The lowest BCUT2D eigenvalue weighted by Crippen LogP contribution is -2.41. The predicted octanol–water partition coefficient (Wildman–Crippen LogP) is 1.75. The Labute approximate surface area is 122 Å². The van der Waals surface area contributed by atoms with Gasteiger partial charge in [0.2, 0.25) is 5.91 Å². The minimum Gasteiger partial charge on any atom is -0.480 e. The van der Waals surface area contributed by atoms with Crippen molar-refractivity contribution in [3.8, 4) is 0 Å². The molecule has 0 radical (unpaired) electrons. The highest BCUT2D eigenvalue weighted by molar-refractivity contribution is 7.15. The molecule has 1 rings (SSSR count). The Kier molecular flexibility index (Phi) is 6.09. The van der Waals surface area contributed by atoms with Crippen molar-refractivity contribution >= 4 is 28.3 Å². The van der Waals surface area contributed by atoms with Gasteiger partial charge in [0.25, 0.3) is 0 Å². The summed E-state index contributed by atoms with van der Waals surface area (Å²) in [6.07, 6.45) is 0.829. The van der Waals surface area contributed by atoms with E-state index in [0.717, 1.165) is 17.0 Å². The van der Waals surface area contributed by atoms with Crippen LogP contribution in [0.4, 0.5) is 5.13 Å². The minimum absolute atomic E-state index is 0.0129. The highest BCUT2D eigenvalue weighted by Gasteiger charge is 2.18. The Morgan fingerprint density at radius 1 is 1.40 bits per heavy atom. The Balaban J connectivity index is 2.62. The standard InChI is InChI=1S/C13H21N3O3S/c1-5-10-9(4)20-13(14-10)15-11(17)6-16(8(2)3)7-12(18)19/h8H,5-7H2,1-4H3,(H,18,19)(H,14,15,17). The SMILES string of the molecule is CCc1nc(NC(=O)CN(CC(=O)O)C(C)C)sc1C. The molecule has 1 amide bonds. The molecule has 0 spiro atoms. The van der Waals surface area contributed by atoms with E-state index >= 15 is 0 Å². The molecule has 0 aromatic carbocycles. The smallest absolute Gasteiger partial charge is 0.317 e. The number of thiazole rings is 1. The van der Waals surface area contributed by atoms with E-state index in [4.69, 9.17) is 5.11 Å². The molecule has 7 heteroatoms. The molecular weight excluding hydrogens is 278 g/mol. The van der Waals surface area contributed by atoms with Crippen LogP contribution in [0.25, 0.3) is 0 Å². The summed E-state index contributed by atoms with van der Waals surface area (Å²) in [6.45, 7) is 7.60. The van der Waals surface area contributed by atoms with E-state index < -0.39 is 5.97 Å². The zero-order valence-electron chi connectivity index (χ0n) is 12.3.